The SMILES string of the molecule is Cc1nc(Nc2ccc(NS(=O)(=O)c3cccc4cccnc34)cc2)cc(Nc2ccccn2)n1. The highest BCUT2D eigenvalue weighted by molar-refractivity contribution is 7.93. The average Bonchev–Trinajstić information content (AvgIpc) is 2.85. The number of aryl methyl sites for hydroxylation is 1. The molecule has 174 valence electrons. The lowest BCUT2D eigenvalue weighted by Crippen LogP contribution is -2.13. The van der Waals surface area contributed by atoms with Crippen LogP contribution in [0.3, 0.4) is 0 Å². The fraction of sp³-hybridized carbons (Fsp3) is 0.0400. The molecule has 0 fully saturated rings. The van der Waals surface area contributed by atoms with E-state index in [1.165, 1.54) is 0 Å². The van der Waals surface area contributed by atoms with Crippen molar-refractivity contribution in [2.24, 2.45) is 0 Å². The molecule has 3 aromatic heterocycles. The number of rotatable bonds is 7. The van der Waals surface area contributed by atoms with Gasteiger partial charge >= 0.3 is 0 Å². The maximum atomic E-state index is 13.0. The third-order valence-corrected chi connectivity index (χ3v) is 6.47. The monoisotopic (exact) mass is 483 g/mol. The van der Waals surface area contributed by atoms with Crippen molar-refractivity contribution in [1.82, 2.24) is 19.9 Å². The predicted molar refractivity (Wildman–Crippen MR) is 137 cm³/mol. The molecule has 2 aromatic carbocycles. The predicted octanol–water partition coefficient (Wildman–Crippen LogP) is 5.02. The van der Waals surface area contributed by atoms with E-state index in [2.05, 4.69) is 35.3 Å². The smallest absolute Gasteiger partial charge is 0.264 e. The summed E-state index contributed by atoms with van der Waals surface area (Å²) in [7, 11) is -3.82. The van der Waals surface area contributed by atoms with Crippen LogP contribution >= 0.6 is 0 Å². The van der Waals surface area contributed by atoms with Gasteiger partial charge in [-0.05, 0) is 55.5 Å². The van der Waals surface area contributed by atoms with Crippen molar-refractivity contribution in [3.63, 3.8) is 0 Å². The minimum Gasteiger partial charge on any atom is -0.340 e. The Labute approximate surface area is 202 Å². The van der Waals surface area contributed by atoms with E-state index in [1.807, 2.05) is 30.3 Å². The molecule has 0 bridgehead atoms. The van der Waals surface area contributed by atoms with Crippen LogP contribution in [0.15, 0.2) is 96.2 Å². The van der Waals surface area contributed by atoms with E-state index < -0.39 is 10.0 Å². The van der Waals surface area contributed by atoms with Gasteiger partial charge in [0.1, 0.15) is 28.2 Å². The summed E-state index contributed by atoms with van der Waals surface area (Å²) in [6, 6.07) is 22.9. The summed E-state index contributed by atoms with van der Waals surface area (Å²) < 4.78 is 28.7. The maximum Gasteiger partial charge on any atom is 0.264 e. The minimum absolute atomic E-state index is 0.127. The molecule has 0 aliphatic rings. The number of aromatic nitrogens is 4. The molecule has 0 spiro atoms. The Balaban J connectivity index is 1.32. The molecule has 0 aliphatic heterocycles. The van der Waals surface area contributed by atoms with Crippen LogP contribution in [-0.2, 0) is 10.0 Å². The first-order valence-corrected chi connectivity index (χ1v) is 12.2. The number of sulfonamides is 1. The topological polar surface area (TPSA) is 122 Å². The van der Waals surface area contributed by atoms with E-state index >= 15 is 0 Å². The Kier molecular flexibility index (Phi) is 5.94. The Bertz CT molecular complexity index is 1590. The van der Waals surface area contributed by atoms with Crippen LogP contribution in [0.25, 0.3) is 10.9 Å². The number of hydrogen-bond donors (Lipinski definition) is 3. The molecule has 0 radical (unpaired) electrons. The number of benzene rings is 2. The van der Waals surface area contributed by atoms with Gasteiger partial charge in [0, 0.05) is 35.2 Å². The van der Waals surface area contributed by atoms with Crippen LogP contribution in [0, 0.1) is 6.92 Å². The van der Waals surface area contributed by atoms with Crippen molar-refractivity contribution in [2.45, 2.75) is 11.8 Å². The lowest BCUT2D eigenvalue weighted by molar-refractivity contribution is 0.602. The molecular formula is C25H21N7O2S. The van der Waals surface area contributed by atoms with Crippen LogP contribution in [0.4, 0.5) is 28.8 Å². The van der Waals surface area contributed by atoms with Gasteiger partial charge in [0.15, 0.2) is 0 Å². The van der Waals surface area contributed by atoms with Crippen molar-refractivity contribution in [1.29, 1.82) is 0 Å². The number of hydrogen-bond acceptors (Lipinski definition) is 8. The minimum atomic E-state index is -3.82. The van der Waals surface area contributed by atoms with Gasteiger partial charge in [-0.3, -0.25) is 9.71 Å². The molecule has 0 saturated carbocycles. The Hall–Kier alpha value is -4.57. The van der Waals surface area contributed by atoms with E-state index in [0.717, 1.165) is 11.1 Å². The van der Waals surface area contributed by atoms with E-state index in [1.54, 1.807) is 67.8 Å². The first-order chi connectivity index (χ1) is 17.0. The van der Waals surface area contributed by atoms with E-state index in [4.69, 9.17) is 0 Å². The highest BCUT2D eigenvalue weighted by Crippen LogP contribution is 2.25. The Morgan fingerprint density at radius 3 is 2.17 bits per heavy atom. The second-order valence-corrected chi connectivity index (χ2v) is 9.32. The first-order valence-electron chi connectivity index (χ1n) is 10.7. The highest BCUT2D eigenvalue weighted by atomic mass is 32.2. The molecule has 0 amide bonds. The van der Waals surface area contributed by atoms with Gasteiger partial charge in [-0.25, -0.2) is 23.4 Å². The normalized spacial score (nSPS) is 11.2. The summed E-state index contributed by atoms with van der Waals surface area (Å²) in [5.74, 6) is 2.45. The van der Waals surface area contributed by atoms with Crippen LogP contribution in [-0.4, -0.2) is 28.4 Å². The van der Waals surface area contributed by atoms with Crippen LogP contribution in [0.2, 0.25) is 0 Å². The van der Waals surface area contributed by atoms with Gasteiger partial charge < -0.3 is 10.6 Å². The van der Waals surface area contributed by atoms with Crippen molar-refractivity contribution in [2.75, 3.05) is 15.4 Å². The lowest BCUT2D eigenvalue weighted by Gasteiger charge is -2.12. The van der Waals surface area contributed by atoms with Gasteiger partial charge in [-0.2, -0.15) is 0 Å². The summed E-state index contributed by atoms with van der Waals surface area (Å²) in [6.45, 7) is 1.80. The molecule has 3 N–H and O–H groups in total. The van der Waals surface area contributed by atoms with Crippen LogP contribution < -0.4 is 15.4 Å². The van der Waals surface area contributed by atoms with E-state index in [9.17, 15) is 8.42 Å². The molecule has 5 aromatic rings. The zero-order valence-electron chi connectivity index (χ0n) is 18.7. The molecule has 0 saturated heterocycles. The summed E-state index contributed by atoms with van der Waals surface area (Å²) in [5.41, 5.74) is 1.59. The van der Waals surface area contributed by atoms with Crippen molar-refractivity contribution in [3.05, 3.63) is 97.1 Å². The number of pyridine rings is 2. The summed E-state index contributed by atoms with van der Waals surface area (Å²) in [6.07, 6.45) is 3.27. The van der Waals surface area contributed by atoms with E-state index in [-0.39, 0.29) is 4.90 Å². The summed E-state index contributed by atoms with van der Waals surface area (Å²) in [5, 5.41) is 7.12. The number of fused-ring (bicyclic) bond motifs is 1. The highest BCUT2D eigenvalue weighted by Gasteiger charge is 2.18. The zero-order valence-corrected chi connectivity index (χ0v) is 19.5. The molecule has 0 aliphatic carbocycles. The van der Waals surface area contributed by atoms with Crippen LogP contribution in [0.5, 0.6) is 0 Å². The number of para-hydroxylation sites is 1. The third kappa shape index (κ3) is 5.17. The quantitative estimate of drug-likeness (QED) is 0.295. The molecule has 35 heavy (non-hydrogen) atoms. The number of nitrogens with zero attached hydrogens (tertiary/aromatic N) is 4. The number of anilines is 5. The van der Waals surface area contributed by atoms with E-state index in [0.29, 0.717) is 34.5 Å². The fourth-order valence-electron chi connectivity index (χ4n) is 3.54. The molecule has 3 heterocycles. The second-order valence-electron chi connectivity index (χ2n) is 7.66. The molecule has 0 unspecified atom stereocenters. The lowest BCUT2D eigenvalue weighted by atomic mass is 10.2. The zero-order chi connectivity index (χ0) is 24.3. The van der Waals surface area contributed by atoms with Crippen molar-refractivity contribution >= 4 is 49.8 Å². The van der Waals surface area contributed by atoms with Gasteiger partial charge in [-0.1, -0.05) is 24.3 Å². The molecule has 5 rings (SSSR count). The average molecular weight is 484 g/mol. The molecule has 0 atom stereocenters. The second kappa shape index (κ2) is 9.35. The van der Waals surface area contributed by atoms with Gasteiger partial charge in [0.2, 0.25) is 0 Å². The maximum absolute atomic E-state index is 13.0. The number of nitrogens with one attached hydrogen (secondary N) is 3. The summed E-state index contributed by atoms with van der Waals surface area (Å²) in [4.78, 5) is 17.4. The Morgan fingerprint density at radius 2 is 1.40 bits per heavy atom. The largest absolute Gasteiger partial charge is 0.340 e. The third-order valence-electron chi connectivity index (χ3n) is 5.05. The first kappa shape index (κ1) is 22.2. The van der Waals surface area contributed by atoms with Crippen LogP contribution in [0.1, 0.15) is 5.82 Å². The van der Waals surface area contributed by atoms with Gasteiger partial charge in [-0.15, -0.1) is 0 Å². The molecule has 10 heteroatoms. The fourth-order valence-corrected chi connectivity index (χ4v) is 4.78. The van der Waals surface area contributed by atoms with Gasteiger partial charge in [0.25, 0.3) is 10.0 Å². The van der Waals surface area contributed by atoms with Gasteiger partial charge in [0.05, 0.1) is 5.52 Å². The van der Waals surface area contributed by atoms with Crippen molar-refractivity contribution in [3.8, 4) is 0 Å². The summed E-state index contributed by atoms with van der Waals surface area (Å²) >= 11 is 0. The Morgan fingerprint density at radius 1 is 0.686 bits per heavy atom. The molecule has 9 nitrogen and oxygen atoms in total. The standard InChI is InChI=1S/C25H21N7O2S/c1-17-28-23(16-24(29-17)31-22-9-2-3-14-26-22)30-19-10-12-20(13-11-19)32-35(33,34)21-8-4-6-18-7-5-15-27-25(18)21/h2-16,32H,1H3,(H2,26,28,29,30,31). The van der Waals surface area contributed by atoms with Crippen molar-refractivity contribution < 1.29 is 8.42 Å². The molecular weight excluding hydrogens is 462 g/mol.